The molecule has 1 heterocycles. The van der Waals surface area contributed by atoms with Gasteiger partial charge in [-0.25, -0.2) is 4.39 Å². The molecule has 0 saturated carbocycles. The SMILES string of the molecule is CN1CCN(CCNCc2ccc(F)c(Cl)c2)CC1. The summed E-state index contributed by atoms with van der Waals surface area (Å²) in [5.41, 5.74) is 1.02. The normalized spacial score (nSPS) is 17.8. The van der Waals surface area contributed by atoms with Gasteiger partial charge in [-0.05, 0) is 24.7 Å². The summed E-state index contributed by atoms with van der Waals surface area (Å²) >= 11 is 5.75. The zero-order valence-electron chi connectivity index (χ0n) is 11.3. The molecule has 1 aromatic rings. The maximum atomic E-state index is 13.0. The summed E-state index contributed by atoms with van der Waals surface area (Å²) in [4.78, 5) is 4.81. The zero-order valence-corrected chi connectivity index (χ0v) is 12.1. The average molecular weight is 286 g/mol. The van der Waals surface area contributed by atoms with Crippen LogP contribution in [0.2, 0.25) is 5.02 Å². The number of nitrogens with zero attached hydrogens (tertiary/aromatic N) is 2. The summed E-state index contributed by atoms with van der Waals surface area (Å²) in [6.07, 6.45) is 0. The molecule has 3 nitrogen and oxygen atoms in total. The summed E-state index contributed by atoms with van der Waals surface area (Å²) in [6, 6.07) is 4.86. The third-order valence-electron chi connectivity index (χ3n) is 3.51. The minimum Gasteiger partial charge on any atom is -0.311 e. The van der Waals surface area contributed by atoms with Crippen molar-refractivity contribution in [3.05, 3.63) is 34.6 Å². The van der Waals surface area contributed by atoms with Crippen LogP contribution in [0.15, 0.2) is 18.2 Å². The molecule has 1 fully saturated rings. The molecule has 0 spiro atoms. The Labute approximate surface area is 119 Å². The number of hydrogen-bond acceptors (Lipinski definition) is 3. The van der Waals surface area contributed by atoms with Crippen molar-refractivity contribution < 1.29 is 4.39 Å². The maximum absolute atomic E-state index is 13.0. The molecule has 0 unspecified atom stereocenters. The molecule has 0 amide bonds. The van der Waals surface area contributed by atoms with Crippen LogP contribution in [0, 0.1) is 5.82 Å². The van der Waals surface area contributed by atoms with Gasteiger partial charge in [0.15, 0.2) is 0 Å². The van der Waals surface area contributed by atoms with E-state index in [9.17, 15) is 4.39 Å². The summed E-state index contributed by atoms with van der Waals surface area (Å²) in [7, 11) is 2.16. The molecule has 1 N–H and O–H groups in total. The van der Waals surface area contributed by atoms with Crippen LogP contribution in [0.4, 0.5) is 4.39 Å². The molecule has 0 aliphatic carbocycles. The Morgan fingerprint density at radius 3 is 2.68 bits per heavy atom. The lowest BCUT2D eigenvalue weighted by molar-refractivity contribution is 0.154. The van der Waals surface area contributed by atoms with Crippen molar-refractivity contribution in [3.63, 3.8) is 0 Å². The smallest absolute Gasteiger partial charge is 0.141 e. The lowest BCUT2D eigenvalue weighted by atomic mass is 10.2. The molecule has 2 rings (SSSR count). The predicted molar refractivity (Wildman–Crippen MR) is 77.1 cm³/mol. The van der Waals surface area contributed by atoms with Gasteiger partial charge in [-0.15, -0.1) is 0 Å². The van der Waals surface area contributed by atoms with Gasteiger partial charge in [-0.3, -0.25) is 4.90 Å². The second-order valence-electron chi connectivity index (χ2n) is 5.07. The minimum absolute atomic E-state index is 0.193. The van der Waals surface area contributed by atoms with Gasteiger partial charge in [-0.1, -0.05) is 17.7 Å². The second-order valence-corrected chi connectivity index (χ2v) is 5.48. The average Bonchev–Trinajstić information content (AvgIpc) is 2.41. The minimum atomic E-state index is -0.358. The topological polar surface area (TPSA) is 18.5 Å². The van der Waals surface area contributed by atoms with Crippen LogP contribution in [0.5, 0.6) is 0 Å². The number of benzene rings is 1. The van der Waals surface area contributed by atoms with Gasteiger partial charge in [0.1, 0.15) is 5.82 Å². The molecule has 1 aliphatic rings. The first kappa shape index (κ1) is 14.7. The molecule has 0 radical (unpaired) electrons. The Balaban J connectivity index is 1.65. The number of likely N-dealkylation sites (N-methyl/N-ethyl adjacent to an activating group) is 1. The highest BCUT2D eigenvalue weighted by molar-refractivity contribution is 6.30. The Morgan fingerprint density at radius 1 is 1.26 bits per heavy atom. The van der Waals surface area contributed by atoms with Gasteiger partial charge >= 0.3 is 0 Å². The van der Waals surface area contributed by atoms with Gasteiger partial charge in [0, 0.05) is 45.8 Å². The fourth-order valence-electron chi connectivity index (χ4n) is 2.19. The van der Waals surface area contributed by atoms with E-state index in [1.807, 2.05) is 0 Å². The van der Waals surface area contributed by atoms with E-state index in [1.165, 1.54) is 6.07 Å². The van der Waals surface area contributed by atoms with E-state index in [4.69, 9.17) is 11.6 Å². The van der Waals surface area contributed by atoms with E-state index in [0.29, 0.717) is 0 Å². The Hall–Kier alpha value is -0.680. The van der Waals surface area contributed by atoms with Crippen molar-refractivity contribution in [2.45, 2.75) is 6.54 Å². The number of piperazine rings is 1. The molecule has 1 saturated heterocycles. The third kappa shape index (κ3) is 4.73. The molecule has 0 bridgehead atoms. The Morgan fingerprint density at radius 2 is 2.00 bits per heavy atom. The first-order valence-corrected chi connectivity index (χ1v) is 7.08. The van der Waals surface area contributed by atoms with Crippen LogP contribution in [-0.4, -0.2) is 56.1 Å². The van der Waals surface area contributed by atoms with Crippen molar-refractivity contribution in [1.82, 2.24) is 15.1 Å². The third-order valence-corrected chi connectivity index (χ3v) is 3.80. The molecule has 106 valence electrons. The number of hydrogen-bond donors (Lipinski definition) is 1. The van der Waals surface area contributed by atoms with Crippen LogP contribution in [-0.2, 0) is 6.54 Å². The maximum Gasteiger partial charge on any atom is 0.141 e. The highest BCUT2D eigenvalue weighted by Crippen LogP contribution is 2.15. The van der Waals surface area contributed by atoms with Crippen LogP contribution in [0.3, 0.4) is 0 Å². The zero-order chi connectivity index (χ0) is 13.7. The number of rotatable bonds is 5. The molecule has 1 aromatic carbocycles. The highest BCUT2D eigenvalue weighted by Gasteiger charge is 2.12. The van der Waals surface area contributed by atoms with Gasteiger partial charge in [0.05, 0.1) is 5.02 Å². The predicted octanol–water partition coefficient (Wildman–Crippen LogP) is 1.82. The summed E-state index contributed by atoms with van der Waals surface area (Å²) in [5, 5.41) is 3.56. The van der Waals surface area contributed by atoms with Crippen molar-refractivity contribution in [1.29, 1.82) is 0 Å². The summed E-state index contributed by atoms with van der Waals surface area (Å²) in [6.45, 7) is 7.30. The van der Waals surface area contributed by atoms with E-state index in [2.05, 4.69) is 22.2 Å². The van der Waals surface area contributed by atoms with E-state index < -0.39 is 0 Å². The van der Waals surface area contributed by atoms with Crippen molar-refractivity contribution in [3.8, 4) is 0 Å². The fourth-order valence-corrected chi connectivity index (χ4v) is 2.39. The molecular weight excluding hydrogens is 265 g/mol. The highest BCUT2D eigenvalue weighted by atomic mass is 35.5. The Kier molecular flexibility index (Phi) is 5.58. The van der Waals surface area contributed by atoms with Crippen molar-refractivity contribution in [2.75, 3.05) is 46.3 Å². The molecule has 0 atom stereocenters. The molecule has 1 aliphatic heterocycles. The van der Waals surface area contributed by atoms with E-state index >= 15 is 0 Å². The number of halogens is 2. The number of nitrogens with one attached hydrogen (secondary N) is 1. The molecular formula is C14H21ClFN3. The lowest BCUT2D eigenvalue weighted by Gasteiger charge is -2.32. The summed E-state index contributed by atoms with van der Waals surface area (Å²) < 4.78 is 13.0. The van der Waals surface area contributed by atoms with Crippen LogP contribution in [0.25, 0.3) is 0 Å². The van der Waals surface area contributed by atoms with E-state index in [1.54, 1.807) is 12.1 Å². The molecule has 19 heavy (non-hydrogen) atoms. The lowest BCUT2D eigenvalue weighted by Crippen LogP contribution is -2.46. The molecule has 0 aromatic heterocycles. The summed E-state index contributed by atoms with van der Waals surface area (Å²) in [5.74, 6) is -0.358. The standard InChI is InChI=1S/C14H21ClFN3/c1-18-6-8-19(9-7-18)5-4-17-11-12-2-3-14(16)13(15)10-12/h2-3,10,17H,4-9,11H2,1H3. The van der Waals surface area contributed by atoms with Gasteiger partial charge in [0.25, 0.3) is 0 Å². The van der Waals surface area contributed by atoms with Crippen LogP contribution >= 0.6 is 11.6 Å². The van der Waals surface area contributed by atoms with Gasteiger partial charge in [-0.2, -0.15) is 0 Å². The van der Waals surface area contributed by atoms with Crippen molar-refractivity contribution in [2.24, 2.45) is 0 Å². The van der Waals surface area contributed by atoms with Gasteiger partial charge in [0.2, 0.25) is 0 Å². The first-order chi connectivity index (χ1) is 9.15. The monoisotopic (exact) mass is 285 g/mol. The van der Waals surface area contributed by atoms with Crippen LogP contribution in [0.1, 0.15) is 5.56 Å². The van der Waals surface area contributed by atoms with Gasteiger partial charge < -0.3 is 10.2 Å². The van der Waals surface area contributed by atoms with E-state index in [-0.39, 0.29) is 10.8 Å². The van der Waals surface area contributed by atoms with Crippen LogP contribution < -0.4 is 5.32 Å². The molecule has 5 heteroatoms. The Bertz CT molecular complexity index is 406. The van der Waals surface area contributed by atoms with Crippen molar-refractivity contribution >= 4 is 11.6 Å². The van der Waals surface area contributed by atoms with E-state index in [0.717, 1.165) is 51.4 Å². The quantitative estimate of drug-likeness (QED) is 0.833. The largest absolute Gasteiger partial charge is 0.311 e. The first-order valence-electron chi connectivity index (χ1n) is 6.71. The second kappa shape index (κ2) is 7.20. The fraction of sp³-hybridized carbons (Fsp3) is 0.571.